The van der Waals surface area contributed by atoms with Crippen molar-refractivity contribution in [3.8, 4) is 0 Å². The van der Waals surface area contributed by atoms with Crippen molar-refractivity contribution in [2.75, 3.05) is 6.54 Å². The molecule has 138 valence electrons. The molecule has 0 fully saturated rings. The third-order valence-corrected chi connectivity index (χ3v) is 3.91. The van der Waals surface area contributed by atoms with E-state index in [1.807, 2.05) is 13.8 Å². The Kier molecular flexibility index (Phi) is 5.54. The number of nitrogens with zero attached hydrogens (tertiary/aromatic N) is 4. The predicted molar refractivity (Wildman–Crippen MR) is 86.0 cm³/mol. The number of amides is 1. The van der Waals surface area contributed by atoms with E-state index in [9.17, 15) is 18.0 Å². The number of carbonyl (C=O) groups is 1. The lowest BCUT2D eigenvalue weighted by Gasteiger charge is -2.18. The molecular formula is C16H22F3N5O. The maximum absolute atomic E-state index is 12.6. The molecule has 2 aromatic heterocycles. The number of carbonyl (C=O) groups excluding carboxylic acids is 1. The fourth-order valence-electron chi connectivity index (χ4n) is 2.53. The van der Waals surface area contributed by atoms with E-state index in [1.165, 1.54) is 4.68 Å². The van der Waals surface area contributed by atoms with E-state index in [0.717, 1.165) is 11.9 Å². The van der Waals surface area contributed by atoms with Crippen molar-refractivity contribution < 1.29 is 18.0 Å². The summed E-state index contributed by atoms with van der Waals surface area (Å²) in [7, 11) is 0. The molecule has 0 saturated heterocycles. The topological polar surface area (TPSA) is 64.7 Å². The summed E-state index contributed by atoms with van der Waals surface area (Å²) in [5, 5.41) is 6.27. The molecule has 2 rings (SSSR count). The fourth-order valence-corrected chi connectivity index (χ4v) is 2.53. The average molecular weight is 357 g/mol. The predicted octanol–water partition coefficient (Wildman–Crippen LogP) is 2.91. The molecule has 0 aromatic carbocycles. The van der Waals surface area contributed by atoms with Gasteiger partial charge in [0.25, 0.3) is 0 Å². The van der Waals surface area contributed by atoms with Crippen LogP contribution >= 0.6 is 0 Å². The lowest BCUT2D eigenvalue weighted by atomic mass is 10.2. The van der Waals surface area contributed by atoms with Crippen LogP contribution in [0.2, 0.25) is 0 Å². The van der Waals surface area contributed by atoms with Gasteiger partial charge in [0.15, 0.2) is 5.69 Å². The van der Waals surface area contributed by atoms with Crippen LogP contribution in [0.1, 0.15) is 49.9 Å². The van der Waals surface area contributed by atoms with Crippen molar-refractivity contribution in [3.05, 3.63) is 35.7 Å². The largest absolute Gasteiger partial charge is 0.435 e. The molecule has 6 nitrogen and oxygen atoms in total. The molecular weight excluding hydrogens is 335 g/mol. The number of imidazole rings is 1. The zero-order valence-corrected chi connectivity index (χ0v) is 14.6. The van der Waals surface area contributed by atoms with E-state index in [4.69, 9.17) is 0 Å². The van der Waals surface area contributed by atoms with E-state index in [0.29, 0.717) is 5.69 Å². The number of hydrogen-bond donors (Lipinski definition) is 1. The van der Waals surface area contributed by atoms with Crippen LogP contribution in [0.15, 0.2) is 18.5 Å². The smallest absolute Gasteiger partial charge is 0.352 e. The SMILES string of the molecule is Cc1cc(C(F)(F)F)nn1CCNC(=O)[C@@H](C)n1ccnc1C(C)C. The molecule has 0 aliphatic carbocycles. The van der Waals surface area contributed by atoms with Crippen molar-refractivity contribution in [2.45, 2.75) is 52.4 Å². The first-order valence-electron chi connectivity index (χ1n) is 8.03. The van der Waals surface area contributed by atoms with E-state index < -0.39 is 17.9 Å². The molecule has 0 unspecified atom stereocenters. The molecule has 9 heteroatoms. The number of rotatable bonds is 6. The quantitative estimate of drug-likeness (QED) is 0.865. The standard InChI is InChI=1S/C16H22F3N5O/c1-10(2)14-20-5-7-23(14)12(4)15(25)21-6-8-24-11(3)9-13(22-24)16(17,18)19/h5,7,9-10,12H,6,8H2,1-4H3,(H,21,25)/t12-/m1/s1. The molecule has 2 aromatic rings. The highest BCUT2D eigenvalue weighted by Crippen LogP contribution is 2.28. The number of alkyl halides is 3. The summed E-state index contributed by atoms with van der Waals surface area (Å²) >= 11 is 0. The van der Waals surface area contributed by atoms with Gasteiger partial charge in [-0.25, -0.2) is 4.98 Å². The maximum atomic E-state index is 12.6. The Balaban J connectivity index is 1.94. The summed E-state index contributed by atoms with van der Waals surface area (Å²) in [6.45, 7) is 7.64. The summed E-state index contributed by atoms with van der Waals surface area (Å²) < 4.78 is 41.0. The second-order valence-electron chi connectivity index (χ2n) is 6.21. The van der Waals surface area contributed by atoms with Gasteiger partial charge in [0, 0.05) is 30.6 Å². The Labute approximate surface area is 144 Å². The molecule has 0 radical (unpaired) electrons. The Bertz CT molecular complexity index is 732. The first-order chi connectivity index (χ1) is 11.6. The third-order valence-electron chi connectivity index (χ3n) is 3.91. The lowest BCUT2D eigenvalue weighted by Crippen LogP contribution is -2.34. The van der Waals surface area contributed by atoms with Crippen molar-refractivity contribution in [1.82, 2.24) is 24.6 Å². The van der Waals surface area contributed by atoms with E-state index >= 15 is 0 Å². The molecule has 25 heavy (non-hydrogen) atoms. The molecule has 0 aliphatic rings. The van der Waals surface area contributed by atoms with Gasteiger partial charge < -0.3 is 9.88 Å². The fraction of sp³-hybridized carbons (Fsp3) is 0.562. The Hall–Kier alpha value is -2.32. The van der Waals surface area contributed by atoms with Gasteiger partial charge in [0.2, 0.25) is 5.91 Å². The van der Waals surface area contributed by atoms with Crippen molar-refractivity contribution >= 4 is 5.91 Å². The van der Waals surface area contributed by atoms with Gasteiger partial charge in [-0.15, -0.1) is 0 Å². The van der Waals surface area contributed by atoms with Crippen LogP contribution in [0, 0.1) is 6.92 Å². The highest BCUT2D eigenvalue weighted by molar-refractivity contribution is 5.79. The molecule has 0 bridgehead atoms. The highest BCUT2D eigenvalue weighted by Gasteiger charge is 2.34. The lowest BCUT2D eigenvalue weighted by molar-refractivity contribution is -0.141. The molecule has 0 aliphatic heterocycles. The van der Waals surface area contributed by atoms with Crippen LogP contribution in [-0.4, -0.2) is 31.8 Å². The second kappa shape index (κ2) is 7.28. The Morgan fingerprint density at radius 1 is 1.32 bits per heavy atom. The minimum Gasteiger partial charge on any atom is -0.352 e. The van der Waals surface area contributed by atoms with Gasteiger partial charge in [-0.05, 0) is 19.9 Å². The van der Waals surface area contributed by atoms with Gasteiger partial charge in [-0.1, -0.05) is 13.8 Å². The Morgan fingerprint density at radius 3 is 2.56 bits per heavy atom. The summed E-state index contributed by atoms with van der Waals surface area (Å²) in [5.74, 6) is 0.763. The second-order valence-corrected chi connectivity index (χ2v) is 6.21. The first-order valence-corrected chi connectivity index (χ1v) is 8.03. The van der Waals surface area contributed by atoms with E-state index in [1.54, 1.807) is 30.8 Å². The highest BCUT2D eigenvalue weighted by atomic mass is 19.4. The van der Waals surface area contributed by atoms with Gasteiger partial charge in [0.1, 0.15) is 11.9 Å². The summed E-state index contributed by atoms with van der Waals surface area (Å²) in [6.07, 6.45) is -1.08. The minimum absolute atomic E-state index is 0.168. The normalized spacial score (nSPS) is 13.3. The molecule has 1 amide bonds. The van der Waals surface area contributed by atoms with Crippen molar-refractivity contribution in [2.24, 2.45) is 0 Å². The summed E-state index contributed by atoms with van der Waals surface area (Å²) in [4.78, 5) is 16.5. The monoisotopic (exact) mass is 357 g/mol. The zero-order chi connectivity index (χ0) is 18.8. The number of hydrogen-bond acceptors (Lipinski definition) is 3. The van der Waals surface area contributed by atoms with Gasteiger partial charge >= 0.3 is 6.18 Å². The minimum atomic E-state index is -4.47. The van der Waals surface area contributed by atoms with E-state index in [-0.39, 0.29) is 24.9 Å². The summed E-state index contributed by atoms with van der Waals surface area (Å²) in [5.41, 5.74) is -0.531. The van der Waals surface area contributed by atoms with Crippen LogP contribution in [0.3, 0.4) is 0 Å². The third kappa shape index (κ3) is 4.40. The molecule has 1 N–H and O–H groups in total. The van der Waals surface area contributed by atoms with E-state index in [2.05, 4.69) is 15.4 Å². The number of aryl methyl sites for hydroxylation is 1. The van der Waals surface area contributed by atoms with Crippen LogP contribution in [-0.2, 0) is 17.5 Å². The van der Waals surface area contributed by atoms with Crippen molar-refractivity contribution in [3.63, 3.8) is 0 Å². The maximum Gasteiger partial charge on any atom is 0.435 e. The summed E-state index contributed by atoms with van der Waals surface area (Å²) in [6, 6.07) is 0.537. The van der Waals surface area contributed by atoms with Gasteiger partial charge in [-0.2, -0.15) is 18.3 Å². The zero-order valence-electron chi connectivity index (χ0n) is 14.6. The molecule has 0 saturated carbocycles. The van der Waals surface area contributed by atoms with Crippen LogP contribution in [0.4, 0.5) is 13.2 Å². The van der Waals surface area contributed by atoms with Crippen molar-refractivity contribution in [1.29, 1.82) is 0 Å². The average Bonchev–Trinajstić information content (AvgIpc) is 3.13. The number of aromatic nitrogens is 4. The van der Waals surface area contributed by atoms with Crippen LogP contribution in [0.5, 0.6) is 0 Å². The van der Waals surface area contributed by atoms with Gasteiger partial charge in [-0.3, -0.25) is 9.48 Å². The number of nitrogens with one attached hydrogen (secondary N) is 1. The Morgan fingerprint density at radius 2 is 2.00 bits per heavy atom. The van der Waals surface area contributed by atoms with Crippen LogP contribution < -0.4 is 5.32 Å². The van der Waals surface area contributed by atoms with Crippen LogP contribution in [0.25, 0.3) is 0 Å². The van der Waals surface area contributed by atoms with Gasteiger partial charge in [0.05, 0.1) is 6.54 Å². The number of halogens is 3. The molecule has 1 atom stereocenters. The first kappa shape index (κ1) is 19.0. The molecule has 0 spiro atoms. The molecule has 2 heterocycles.